The SMILES string of the molecule is O=C(Cc1ccccn1)NCC1CCN(Cc2cccc(O)c2)C1. The molecule has 24 heavy (non-hydrogen) atoms. The second-order valence-corrected chi connectivity index (χ2v) is 6.36. The van der Waals surface area contributed by atoms with Gasteiger partial charge in [-0.15, -0.1) is 0 Å². The van der Waals surface area contributed by atoms with Crippen LogP contribution in [0.15, 0.2) is 48.7 Å². The van der Waals surface area contributed by atoms with Crippen molar-refractivity contribution in [1.82, 2.24) is 15.2 Å². The lowest BCUT2D eigenvalue weighted by Crippen LogP contribution is -2.32. The highest BCUT2D eigenvalue weighted by Crippen LogP contribution is 2.19. The Kier molecular flexibility index (Phi) is 5.43. The van der Waals surface area contributed by atoms with Crippen molar-refractivity contribution in [3.63, 3.8) is 0 Å². The molecule has 1 aromatic carbocycles. The molecule has 0 aliphatic carbocycles. The number of benzene rings is 1. The molecule has 1 aromatic heterocycles. The Hall–Kier alpha value is -2.40. The van der Waals surface area contributed by atoms with Crippen LogP contribution in [0, 0.1) is 5.92 Å². The number of hydrogen-bond donors (Lipinski definition) is 2. The van der Waals surface area contributed by atoms with Gasteiger partial charge in [0.2, 0.25) is 5.91 Å². The van der Waals surface area contributed by atoms with Crippen LogP contribution in [-0.2, 0) is 17.8 Å². The Labute approximate surface area is 142 Å². The van der Waals surface area contributed by atoms with Crippen molar-refractivity contribution < 1.29 is 9.90 Å². The van der Waals surface area contributed by atoms with Crippen LogP contribution < -0.4 is 5.32 Å². The lowest BCUT2D eigenvalue weighted by Gasteiger charge is -2.16. The summed E-state index contributed by atoms with van der Waals surface area (Å²) in [5, 5.41) is 12.6. The van der Waals surface area contributed by atoms with Gasteiger partial charge >= 0.3 is 0 Å². The fraction of sp³-hybridized carbons (Fsp3) is 0.368. The summed E-state index contributed by atoms with van der Waals surface area (Å²) < 4.78 is 0. The van der Waals surface area contributed by atoms with Gasteiger partial charge in [0.1, 0.15) is 5.75 Å². The van der Waals surface area contributed by atoms with Crippen molar-refractivity contribution in [3.8, 4) is 5.75 Å². The third-order valence-corrected chi connectivity index (χ3v) is 4.34. The molecular weight excluding hydrogens is 302 g/mol. The van der Waals surface area contributed by atoms with E-state index in [0.717, 1.165) is 37.3 Å². The standard InChI is InChI=1S/C19H23N3O2/c23-18-6-3-4-15(10-18)13-22-9-7-16(14-22)12-21-19(24)11-17-5-1-2-8-20-17/h1-6,8,10,16,23H,7,9,11-14H2,(H,21,24). The first-order valence-electron chi connectivity index (χ1n) is 8.36. The second-order valence-electron chi connectivity index (χ2n) is 6.36. The van der Waals surface area contributed by atoms with Gasteiger partial charge in [-0.05, 0) is 48.7 Å². The third kappa shape index (κ3) is 4.80. The molecule has 2 heterocycles. The van der Waals surface area contributed by atoms with Crippen LogP contribution >= 0.6 is 0 Å². The van der Waals surface area contributed by atoms with E-state index in [1.165, 1.54) is 0 Å². The number of pyridine rings is 1. The van der Waals surface area contributed by atoms with Crippen LogP contribution in [0.1, 0.15) is 17.7 Å². The highest BCUT2D eigenvalue weighted by atomic mass is 16.3. The minimum absolute atomic E-state index is 0.0279. The summed E-state index contributed by atoms with van der Waals surface area (Å²) in [4.78, 5) is 18.5. The molecule has 2 aromatic rings. The van der Waals surface area contributed by atoms with Crippen LogP contribution in [0.5, 0.6) is 5.75 Å². The minimum Gasteiger partial charge on any atom is -0.508 e. The second kappa shape index (κ2) is 7.93. The number of carbonyl (C=O) groups is 1. The average Bonchev–Trinajstić information content (AvgIpc) is 3.01. The molecule has 1 fully saturated rings. The minimum atomic E-state index is 0.0279. The Balaban J connectivity index is 1.40. The normalized spacial score (nSPS) is 17.8. The van der Waals surface area contributed by atoms with E-state index >= 15 is 0 Å². The monoisotopic (exact) mass is 325 g/mol. The molecule has 0 spiro atoms. The number of rotatable bonds is 6. The fourth-order valence-electron chi connectivity index (χ4n) is 3.12. The van der Waals surface area contributed by atoms with E-state index in [0.29, 0.717) is 24.6 Å². The molecule has 5 nitrogen and oxygen atoms in total. The van der Waals surface area contributed by atoms with E-state index in [-0.39, 0.29) is 5.91 Å². The van der Waals surface area contributed by atoms with Crippen LogP contribution in [0.4, 0.5) is 0 Å². The summed E-state index contributed by atoms with van der Waals surface area (Å²) in [6, 6.07) is 13.0. The predicted molar refractivity (Wildman–Crippen MR) is 92.4 cm³/mol. The molecule has 126 valence electrons. The first-order chi connectivity index (χ1) is 11.7. The zero-order valence-corrected chi connectivity index (χ0v) is 13.7. The van der Waals surface area contributed by atoms with E-state index in [2.05, 4.69) is 15.2 Å². The van der Waals surface area contributed by atoms with Gasteiger partial charge in [0.05, 0.1) is 6.42 Å². The highest BCUT2D eigenvalue weighted by molar-refractivity contribution is 5.78. The number of aromatic hydroxyl groups is 1. The van der Waals surface area contributed by atoms with Gasteiger partial charge in [0, 0.05) is 31.5 Å². The maximum absolute atomic E-state index is 12.0. The molecule has 3 rings (SSSR count). The molecule has 0 bridgehead atoms. The lowest BCUT2D eigenvalue weighted by atomic mass is 10.1. The van der Waals surface area contributed by atoms with Gasteiger partial charge in [0.25, 0.3) is 0 Å². The molecule has 0 saturated carbocycles. The number of nitrogens with zero attached hydrogens (tertiary/aromatic N) is 2. The van der Waals surface area contributed by atoms with Crippen molar-refractivity contribution >= 4 is 5.91 Å². The van der Waals surface area contributed by atoms with Crippen molar-refractivity contribution in [3.05, 3.63) is 59.9 Å². The number of amides is 1. The van der Waals surface area contributed by atoms with Crippen molar-refractivity contribution in [1.29, 1.82) is 0 Å². The lowest BCUT2D eigenvalue weighted by molar-refractivity contribution is -0.120. The summed E-state index contributed by atoms with van der Waals surface area (Å²) in [6.45, 7) is 3.55. The molecule has 1 amide bonds. The van der Waals surface area contributed by atoms with E-state index in [1.54, 1.807) is 12.3 Å². The van der Waals surface area contributed by atoms with Crippen LogP contribution in [0.2, 0.25) is 0 Å². The number of hydrogen-bond acceptors (Lipinski definition) is 4. The quantitative estimate of drug-likeness (QED) is 0.852. The first kappa shape index (κ1) is 16.5. The molecular formula is C19H23N3O2. The molecule has 1 unspecified atom stereocenters. The van der Waals surface area contributed by atoms with Gasteiger partial charge in [-0.2, -0.15) is 0 Å². The Morgan fingerprint density at radius 2 is 2.21 bits per heavy atom. The molecule has 5 heteroatoms. The first-order valence-corrected chi connectivity index (χ1v) is 8.36. The number of nitrogens with one attached hydrogen (secondary N) is 1. The van der Waals surface area contributed by atoms with E-state index in [4.69, 9.17) is 0 Å². The molecule has 0 radical (unpaired) electrons. The highest BCUT2D eigenvalue weighted by Gasteiger charge is 2.22. The van der Waals surface area contributed by atoms with Crippen molar-refractivity contribution in [2.24, 2.45) is 5.92 Å². The third-order valence-electron chi connectivity index (χ3n) is 4.34. The maximum atomic E-state index is 12.0. The number of likely N-dealkylation sites (tertiary alicyclic amines) is 1. The van der Waals surface area contributed by atoms with E-state index in [1.807, 2.05) is 36.4 Å². The number of aromatic nitrogens is 1. The topological polar surface area (TPSA) is 65.5 Å². The summed E-state index contributed by atoms with van der Waals surface area (Å²) in [7, 11) is 0. The van der Waals surface area contributed by atoms with Crippen LogP contribution in [-0.4, -0.2) is 40.5 Å². The van der Waals surface area contributed by atoms with Crippen LogP contribution in [0.3, 0.4) is 0 Å². The summed E-state index contributed by atoms with van der Waals surface area (Å²) in [6.07, 6.45) is 3.13. The molecule has 1 atom stereocenters. The van der Waals surface area contributed by atoms with E-state index in [9.17, 15) is 9.90 Å². The van der Waals surface area contributed by atoms with E-state index < -0.39 is 0 Å². The summed E-state index contributed by atoms with van der Waals surface area (Å²) in [5.74, 6) is 0.820. The average molecular weight is 325 g/mol. The zero-order valence-electron chi connectivity index (χ0n) is 13.7. The molecule has 1 saturated heterocycles. The molecule has 1 aliphatic rings. The predicted octanol–water partition coefficient (Wildman–Crippen LogP) is 1.97. The van der Waals surface area contributed by atoms with Gasteiger partial charge in [-0.3, -0.25) is 14.7 Å². The Bertz CT molecular complexity index is 675. The summed E-state index contributed by atoms with van der Waals surface area (Å²) in [5.41, 5.74) is 1.92. The van der Waals surface area contributed by atoms with Crippen LogP contribution in [0.25, 0.3) is 0 Å². The largest absolute Gasteiger partial charge is 0.508 e. The maximum Gasteiger partial charge on any atom is 0.226 e. The summed E-state index contributed by atoms with van der Waals surface area (Å²) >= 11 is 0. The van der Waals surface area contributed by atoms with Gasteiger partial charge < -0.3 is 10.4 Å². The number of phenols is 1. The van der Waals surface area contributed by atoms with Crippen molar-refractivity contribution in [2.75, 3.05) is 19.6 Å². The zero-order chi connectivity index (χ0) is 16.8. The fourth-order valence-corrected chi connectivity index (χ4v) is 3.12. The van der Waals surface area contributed by atoms with Gasteiger partial charge in [-0.25, -0.2) is 0 Å². The molecule has 1 aliphatic heterocycles. The Morgan fingerprint density at radius 3 is 3.00 bits per heavy atom. The Morgan fingerprint density at radius 1 is 1.29 bits per heavy atom. The van der Waals surface area contributed by atoms with Gasteiger partial charge in [0.15, 0.2) is 0 Å². The van der Waals surface area contributed by atoms with Gasteiger partial charge in [-0.1, -0.05) is 18.2 Å². The number of carbonyl (C=O) groups excluding carboxylic acids is 1. The number of phenolic OH excluding ortho intramolecular Hbond substituents is 1. The molecule has 2 N–H and O–H groups in total. The van der Waals surface area contributed by atoms with Crippen molar-refractivity contribution in [2.45, 2.75) is 19.4 Å². The smallest absolute Gasteiger partial charge is 0.226 e.